The summed E-state index contributed by atoms with van der Waals surface area (Å²) < 4.78 is 0. The maximum atomic E-state index is 6.18. The second-order valence-corrected chi connectivity index (χ2v) is 4.59. The SMILES string of the molecule is [B]C(N(C)C)C([B])([B])c1c[nH]c2ccccc12. The number of H-pyrrole nitrogens is 1. The molecule has 2 aromatic rings. The van der Waals surface area contributed by atoms with Crippen LogP contribution in [0.5, 0.6) is 0 Å². The molecule has 0 bridgehead atoms. The average Bonchev–Trinajstić information content (AvgIpc) is 2.72. The standard InChI is InChI=1S/C12H13B3N2/c1-17(2)11(13)12(14,15)9-7-16-10-6-4-3-5-8(9)10/h3-7,11,16H,1-2H3. The van der Waals surface area contributed by atoms with Gasteiger partial charge in [-0.05, 0) is 31.7 Å². The molecule has 0 spiro atoms. The minimum Gasteiger partial charge on any atom is -0.361 e. The number of hydrogen-bond donors (Lipinski definition) is 1. The van der Waals surface area contributed by atoms with E-state index in [1.54, 1.807) is 0 Å². The smallest absolute Gasteiger partial charge is 0.0901 e. The zero-order valence-corrected chi connectivity index (χ0v) is 10.1. The zero-order chi connectivity index (χ0) is 12.6. The Morgan fingerprint density at radius 2 is 1.88 bits per heavy atom. The Hall–Kier alpha value is -1.09. The van der Waals surface area contributed by atoms with Crippen molar-refractivity contribution in [3.05, 3.63) is 36.0 Å². The Bertz CT molecular complexity index is 519. The van der Waals surface area contributed by atoms with Gasteiger partial charge in [0.2, 0.25) is 0 Å². The van der Waals surface area contributed by atoms with Gasteiger partial charge in [0.25, 0.3) is 0 Å². The van der Waals surface area contributed by atoms with E-state index < -0.39 is 11.2 Å². The lowest BCUT2D eigenvalue weighted by Crippen LogP contribution is -2.49. The first kappa shape index (κ1) is 12.4. The van der Waals surface area contributed by atoms with Crippen LogP contribution in [0.25, 0.3) is 10.9 Å². The molecule has 0 amide bonds. The summed E-state index contributed by atoms with van der Waals surface area (Å²) >= 11 is 0. The van der Waals surface area contributed by atoms with Gasteiger partial charge in [0.15, 0.2) is 0 Å². The Kier molecular flexibility index (Phi) is 3.13. The monoisotopic (exact) mass is 218 g/mol. The number of aromatic amines is 1. The second-order valence-electron chi connectivity index (χ2n) is 4.59. The highest BCUT2D eigenvalue weighted by atomic mass is 15.1. The van der Waals surface area contributed by atoms with Gasteiger partial charge in [0, 0.05) is 17.1 Å². The third-order valence-electron chi connectivity index (χ3n) is 3.10. The molecule has 1 aromatic heterocycles. The number of hydrogen-bond acceptors (Lipinski definition) is 1. The van der Waals surface area contributed by atoms with Crippen molar-refractivity contribution >= 4 is 34.4 Å². The summed E-state index contributed by atoms with van der Waals surface area (Å²) in [6.07, 6.45) is 1.83. The molecule has 1 unspecified atom stereocenters. The summed E-state index contributed by atoms with van der Waals surface area (Å²) in [5, 5.41) is -0.0851. The number of nitrogens with one attached hydrogen (secondary N) is 1. The molecule has 0 aliphatic rings. The van der Waals surface area contributed by atoms with E-state index in [0.717, 1.165) is 16.5 Å². The van der Waals surface area contributed by atoms with Crippen LogP contribution in [0.4, 0.5) is 0 Å². The third-order valence-corrected chi connectivity index (χ3v) is 3.10. The molecule has 0 aliphatic carbocycles. The molecule has 2 rings (SSSR count). The van der Waals surface area contributed by atoms with Gasteiger partial charge in [0.05, 0.1) is 23.5 Å². The fraction of sp³-hybridized carbons (Fsp3) is 0.333. The quantitative estimate of drug-likeness (QED) is 0.751. The summed E-state index contributed by atoms with van der Waals surface area (Å²) in [6.45, 7) is 0. The van der Waals surface area contributed by atoms with Crippen molar-refractivity contribution in [3.63, 3.8) is 0 Å². The fourth-order valence-corrected chi connectivity index (χ4v) is 2.02. The van der Waals surface area contributed by atoms with E-state index in [1.165, 1.54) is 0 Å². The number of rotatable bonds is 3. The Balaban J connectivity index is 2.52. The summed E-state index contributed by atoms with van der Waals surface area (Å²) in [5.74, 6) is -0.457. The van der Waals surface area contributed by atoms with Crippen LogP contribution >= 0.6 is 0 Å². The summed E-state index contributed by atoms with van der Waals surface area (Å²) in [5.41, 5.74) is 1.84. The van der Waals surface area contributed by atoms with Gasteiger partial charge in [-0.1, -0.05) is 23.4 Å². The maximum absolute atomic E-state index is 6.18. The molecule has 0 saturated heterocycles. The molecule has 17 heavy (non-hydrogen) atoms. The first-order valence-corrected chi connectivity index (χ1v) is 5.51. The van der Waals surface area contributed by atoms with Crippen LogP contribution in [-0.4, -0.2) is 53.5 Å². The summed E-state index contributed by atoms with van der Waals surface area (Å²) in [4.78, 5) is 4.96. The van der Waals surface area contributed by atoms with Crippen LogP contribution in [0.3, 0.4) is 0 Å². The molecule has 2 nitrogen and oxygen atoms in total. The van der Waals surface area contributed by atoms with Crippen molar-refractivity contribution in [1.82, 2.24) is 9.88 Å². The summed E-state index contributed by atoms with van der Waals surface area (Å²) in [7, 11) is 22.1. The molecular weight excluding hydrogens is 205 g/mol. The van der Waals surface area contributed by atoms with E-state index in [2.05, 4.69) is 4.98 Å². The highest BCUT2D eigenvalue weighted by Crippen LogP contribution is 2.29. The van der Waals surface area contributed by atoms with E-state index in [0.29, 0.717) is 0 Å². The van der Waals surface area contributed by atoms with E-state index in [-0.39, 0.29) is 0 Å². The first-order valence-electron chi connectivity index (χ1n) is 5.51. The second kappa shape index (κ2) is 4.30. The van der Waals surface area contributed by atoms with Crippen molar-refractivity contribution in [3.8, 4) is 0 Å². The molecule has 6 radical (unpaired) electrons. The lowest BCUT2D eigenvalue weighted by atomic mass is 9.43. The molecule has 0 fully saturated rings. The molecule has 1 atom stereocenters. The number of fused-ring (bicyclic) bond motifs is 1. The van der Waals surface area contributed by atoms with Crippen molar-refractivity contribution in [2.75, 3.05) is 14.1 Å². The van der Waals surface area contributed by atoms with Crippen LogP contribution in [-0.2, 0) is 5.21 Å². The van der Waals surface area contributed by atoms with E-state index >= 15 is 0 Å². The van der Waals surface area contributed by atoms with E-state index in [1.807, 2.05) is 49.5 Å². The topological polar surface area (TPSA) is 19.0 Å². The highest BCUT2D eigenvalue weighted by molar-refractivity contribution is 6.44. The van der Waals surface area contributed by atoms with Gasteiger partial charge in [-0.15, -0.1) is 0 Å². The Labute approximate surface area is 106 Å². The molecule has 0 aliphatic heterocycles. The van der Waals surface area contributed by atoms with Crippen LogP contribution < -0.4 is 0 Å². The normalized spacial score (nSPS) is 14.3. The fourth-order valence-electron chi connectivity index (χ4n) is 2.02. The van der Waals surface area contributed by atoms with E-state index in [9.17, 15) is 0 Å². The number of para-hydroxylation sites is 1. The number of nitrogens with zero attached hydrogens (tertiary/aromatic N) is 1. The highest BCUT2D eigenvalue weighted by Gasteiger charge is 2.29. The van der Waals surface area contributed by atoms with Crippen molar-refractivity contribution < 1.29 is 0 Å². The minimum absolute atomic E-state index is 0.457. The molecule has 0 saturated carbocycles. The van der Waals surface area contributed by atoms with Gasteiger partial charge in [-0.3, -0.25) is 0 Å². The molecule has 80 valence electrons. The predicted octanol–water partition coefficient (Wildman–Crippen LogP) is 0.714. The molecule has 5 heteroatoms. The predicted molar refractivity (Wildman–Crippen MR) is 74.7 cm³/mol. The zero-order valence-electron chi connectivity index (χ0n) is 10.1. The number of aromatic nitrogens is 1. The van der Waals surface area contributed by atoms with Gasteiger partial charge >= 0.3 is 0 Å². The lowest BCUT2D eigenvalue weighted by Gasteiger charge is -2.38. The largest absolute Gasteiger partial charge is 0.361 e. The van der Waals surface area contributed by atoms with Crippen molar-refractivity contribution in [2.24, 2.45) is 0 Å². The minimum atomic E-state index is -1.09. The van der Waals surface area contributed by atoms with Gasteiger partial charge in [0.1, 0.15) is 0 Å². The molecule has 1 aromatic carbocycles. The molecule has 1 N–H and O–H groups in total. The Morgan fingerprint density at radius 1 is 1.24 bits per heavy atom. The maximum Gasteiger partial charge on any atom is 0.0901 e. The number of likely N-dealkylation sites (N-methyl/N-ethyl adjacent to an activating group) is 1. The van der Waals surface area contributed by atoms with Crippen LogP contribution in [0.2, 0.25) is 0 Å². The van der Waals surface area contributed by atoms with Crippen molar-refractivity contribution in [1.29, 1.82) is 0 Å². The number of benzene rings is 1. The van der Waals surface area contributed by atoms with Gasteiger partial charge < -0.3 is 9.88 Å². The van der Waals surface area contributed by atoms with Crippen LogP contribution in [0.1, 0.15) is 5.56 Å². The summed E-state index contributed by atoms with van der Waals surface area (Å²) in [6, 6.07) is 7.88. The Morgan fingerprint density at radius 3 is 2.53 bits per heavy atom. The lowest BCUT2D eigenvalue weighted by molar-refractivity contribution is 0.351. The van der Waals surface area contributed by atoms with Crippen LogP contribution in [0.15, 0.2) is 30.5 Å². The van der Waals surface area contributed by atoms with Gasteiger partial charge in [-0.25, -0.2) is 0 Å². The third kappa shape index (κ3) is 2.04. The first-order chi connectivity index (χ1) is 7.94. The van der Waals surface area contributed by atoms with Gasteiger partial charge in [-0.2, -0.15) is 0 Å². The average molecular weight is 218 g/mol. The van der Waals surface area contributed by atoms with Crippen LogP contribution in [0, 0.1) is 0 Å². The van der Waals surface area contributed by atoms with E-state index in [4.69, 9.17) is 23.5 Å². The van der Waals surface area contributed by atoms with Crippen molar-refractivity contribution in [2.45, 2.75) is 11.2 Å². The molecular formula is C12H13B3N2. The molecule has 1 heterocycles.